The zero-order valence-corrected chi connectivity index (χ0v) is 10.7. The number of nitrogens with one attached hydrogen (secondary N) is 2. The number of halogens is 1. The fourth-order valence-corrected chi connectivity index (χ4v) is 1.78. The van der Waals surface area contributed by atoms with Gasteiger partial charge in [0.15, 0.2) is 0 Å². The summed E-state index contributed by atoms with van der Waals surface area (Å²) in [6.45, 7) is 3.68. The minimum absolute atomic E-state index is 0. The van der Waals surface area contributed by atoms with E-state index in [1.807, 2.05) is 12.1 Å². The van der Waals surface area contributed by atoms with Crippen molar-refractivity contribution in [3.8, 4) is 0 Å². The molecule has 4 nitrogen and oxygen atoms in total. The van der Waals surface area contributed by atoms with Gasteiger partial charge in [-0.05, 0) is 24.1 Å². The standard InChI is InChI=1S/C12H17N3O.ClH/c1-2-11(9-3-5-13-6-4-9)15-12(16)10-7-14-8-10;/h3-6,10-11,14H,2,7-8H2,1H3,(H,15,16);1H. The molecule has 0 spiro atoms. The predicted octanol–water partition coefficient (Wildman–Crippen LogP) is 1.29. The first-order chi connectivity index (χ1) is 7.81. The van der Waals surface area contributed by atoms with E-state index < -0.39 is 0 Å². The number of aromatic nitrogens is 1. The van der Waals surface area contributed by atoms with Crippen LogP contribution in [0.15, 0.2) is 24.5 Å². The van der Waals surface area contributed by atoms with E-state index >= 15 is 0 Å². The molecule has 1 aromatic rings. The average Bonchev–Trinajstić information content (AvgIpc) is 2.24. The molecule has 0 bridgehead atoms. The number of hydrogen-bond acceptors (Lipinski definition) is 3. The molecule has 1 aliphatic heterocycles. The molecule has 2 N–H and O–H groups in total. The lowest BCUT2D eigenvalue weighted by Crippen LogP contribution is -2.51. The minimum Gasteiger partial charge on any atom is -0.349 e. The average molecular weight is 256 g/mol. The molecule has 2 rings (SSSR count). The fourth-order valence-electron chi connectivity index (χ4n) is 1.78. The van der Waals surface area contributed by atoms with Crippen molar-refractivity contribution < 1.29 is 4.79 Å². The summed E-state index contributed by atoms with van der Waals surface area (Å²) in [6.07, 6.45) is 4.42. The second-order valence-electron chi connectivity index (χ2n) is 4.11. The fraction of sp³-hybridized carbons (Fsp3) is 0.500. The third-order valence-electron chi connectivity index (χ3n) is 2.99. The van der Waals surface area contributed by atoms with Gasteiger partial charge in [0.1, 0.15) is 0 Å². The summed E-state index contributed by atoms with van der Waals surface area (Å²) in [5.41, 5.74) is 1.12. The Bertz CT molecular complexity index is 354. The van der Waals surface area contributed by atoms with E-state index in [2.05, 4.69) is 22.5 Å². The van der Waals surface area contributed by atoms with Crippen molar-refractivity contribution in [1.82, 2.24) is 15.6 Å². The SMILES string of the molecule is CCC(NC(=O)C1CNC1)c1ccncc1.Cl. The molecule has 0 radical (unpaired) electrons. The summed E-state index contributed by atoms with van der Waals surface area (Å²) in [5, 5.41) is 6.18. The number of nitrogens with zero attached hydrogens (tertiary/aromatic N) is 1. The Morgan fingerprint density at radius 3 is 2.65 bits per heavy atom. The normalized spacial score (nSPS) is 16.5. The van der Waals surface area contributed by atoms with E-state index in [1.54, 1.807) is 12.4 Å². The maximum Gasteiger partial charge on any atom is 0.226 e. The van der Waals surface area contributed by atoms with Gasteiger partial charge in [-0.1, -0.05) is 6.92 Å². The van der Waals surface area contributed by atoms with Crippen LogP contribution in [0.5, 0.6) is 0 Å². The Hall–Kier alpha value is -1.13. The van der Waals surface area contributed by atoms with Crippen molar-refractivity contribution in [2.45, 2.75) is 19.4 Å². The zero-order valence-electron chi connectivity index (χ0n) is 9.85. The van der Waals surface area contributed by atoms with E-state index in [0.717, 1.165) is 25.1 Å². The van der Waals surface area contributed by atoms with Gasteiger partial charge in [-0.25, -0.2) is 0 Å². The van der Waals surface area contributed by atoms with Crippen LogP contribution < -0.4 is 10.6 Å². The van der Waals surface area contributed by atoms with Gasteiger partial charge < -0.3 is 10.6 Å². The highest BCUT2D eigenvalue weighted by atomic mass is 35.5. The van der Waals surface area contributed by atoms with Crippen LogP contribution in [0.25, 0.3) is 0 Å². The van der Waals surface area contributed by atoms with Crippen LogP contribution in [-0.2, 0) is 4.79 Å². The summed E-state index contributed by atoms with van der Waals surface area (Å²) < 4.78 is 0. The van der Waals surface area contributed by atoms with Crippen molar-refractivity contribution in [2.24, 2.45) is 5.92 Å². The third kappa shape index (κ3) is 3.41. The van der Waals surface area contributed by atoms with Gasteiger partial charge in [-0.2, -0.15) is 0 Å². The molecule has 94 valence electrons. The quantitative estimate of drug-likeness (QED) is 0.853. The number of rotatable bonds is 4. The minimum atomic E-state index is 0. The lowest BCUT2D eigenvalue weighted by molar-refractivity contribution is -0.127. The van der Waals surface area contributed by atoms with Crippen molar-refractivity contribution in [3.63, 3.8) is 0 Å². The number of carbonyl (C=O) groups excluding carboxylic acids is 1. The number of carbonyl (C=O) groups is 1. The maximum atomic E-state index is 11.8. The molecule has 0 saturated carbocycles. The maximum absolute atomic E-state index is 11.8. The Balaban J connectivity index is 0.00000144. The van der Waals surface area contributed by atoms with Crippen molar-refractivity contribution in [3.05, 3.63) is 30.1 Å². The van der Waals surface area contributed by atoms with Crippen molar-refractivity contribution >= 4 is 18.3 Å². The van der Waals surface area contributed by atoms with Gasteiger partial charge >= 0.3 is 0 Å². The van der Waals surface area contributed by atoms with Crippen LogP contribution in [0.3, 0.4) is 0 Å². The molecule has 1 amide bonds. The first-order valence-electron chi connectivity index (χ1n) is 5.72. The highest BCUT2D eigenvalue weighted by Gasteiger charge is 2.26. The van der Waals surface area contributed by atoms with Crippen LogP contribution in [0.4, 0.5) is 0 Å². The van der Waals surface area contributed by atoms with Gasteiger partial charge in [0, 0.05) is 25.5 Å². The Morgan fingerprint density at radius 1 is 1.53 bits per heavy atom. The highest BCUT2D eigenvalue weighted by Crippen LogP contribution is 2.16. The summed E-state index contributed by atoms with van der Waals surface area (Å²) in [5.74, 6) is 0.304. The van der Waals surface area contributed by atoms with Gasteiger partial charge in [0.25, 0.3) is 0 Å². The van der Waals surface area contributed by atoms with Gasteiger partial charge in [-0.15, -0.1) is 12.4 Å². The predicted molar refractivity (Wildman–Crippen MR) is 69.0 cm³/mol. The summed E-state index contributed by atoms with van der Waals surface area (Å²) >= 11 is 0. The van der Waals surface area contributed by atoms with Crippen molar-refractivity contribution in [2.75, 3.05) is 13.1 Å². The van der Waals surface area contributed by atoms with E-state index in [-0.39, 0.29) is 30.3 Å². The van der Waals surface area contributed by atoms with Crippen LogP contribution >= 0.6 is 12.4 Å². The molecule has 5 heteroatoms. The summed E-state index contributed by atoms with van der Waals surface area (Å²) in [4.78, 5) is 15.8. The Labute approximate surface area is 108 Å². The lowest BCUT2D eigenvalue weighted by Gasteiger charge is -2.28. The molecular weight excluding hydrogens is 238 g/mol. The summed E-state index contributed by atoms with van der Waals surface area (Å²) in [6, 6.07) is 4.01. The molecule has 2 heterocycles. The van der Waals surface area contributed by atoms with E-state index in [1.165, 1.54) is 0 Å². The highest BCUT2D eigenvalue weighted by molar-refractivity contribution is 5.85. The number of pyridine rings is 1. The van der Waals surface area contributed by atoms with Gasteiger partial charge in [0.05, 0.1) is 12.0 Å². The number of hydrogen-bond donors (Lipinski definition) is 2. The monoisotopic (exact) mass is 255 g/mol. The number of amides is 1. The molecule has 1 unspecified atom stereocenters. The molecule has 1 fully saturated rings. The van der Waals surface area contributed by atoms with Gasteiger partial charge in [-0.3, -0.25) is 9.78 Å². The molecular formula is C12H18ClN3O. The zero-order chi connectivity index (χ0) is 11.4. The van der Waals surface area contributed by atoms with E-state index in [4.69, 9.17) is 0 Å². The molecule has 1 aliphatic rings. The first kappa shape index (κ1) is 13.9. The molecule has 1 atom stereocenters. The first-order valence-corrected chi connectivity index (χ1v) is 5.72. The molecule has 0 aliphatic carbocycles. The Kier molecular flexibility index (Phi) is 5.38. The van der Waals surface area contributed by atoms with E-state index in [9.17, 15) is 4.79 Å². The second kappa shape index (κ2) is 6.57. The lowest BCUT2D eigenvalue weighted by atomic mass is 10.00. The second-order valence-corrected chi connectivity index (χ2v) is 4.11. The smallest absolute Gasteiger partial charge is 0.226 e. The molecule has 0 aromatic carbocycles. The van der Waals surface area contributed by atoms with Crippen molar-refractivity contribution in [1.29, 1.82) is 0 Å². The summed E-state index contributed by atoms with van der Waals surface area (Å²) in [7, 11) is 0. The third-order valence-corrected chi connectivity index (χ3v) is 2.99. The topological polar surface area (TPSA) is 54.0 Å². The Morgan fingerprint density at radius 2 is 2.18 bits per heavy atom. The van der Waals surface area contributed by atoms with Gasteiger partial charge in [0.2, 0.25) is 5.91 Å². The molecule has 17 heavy (non-hydrogen) atoms. The van der Waals surface area contributed by atoms with E-state index in [0.29, 0.717) is 0 Å². The largest absolute Gasteiger partial charge is 0.349 e. The molecule has 1 saturated heterocycles. The van der Waals surface area contributed by atoms with Crippen LogP contribution in [0.2, 0.25) is 0 Å². The van der Waals surface area contributed by atoms with Crippen LogP contribution in [0.1, 0.15) is 24.9 Å². The van der Waals surface area contributed by atoms with Crippen LogP contribution in [0, 0.1) is 5.92 Å². The van der Waals surface area contributed by atoms with Crippen LogP contribution in [-0.4, -0.2) is 24.0 Å². The molecule has 1 aromatic heterocycles.